The second-order valence-corrected chi connectivity index (χ2v) is 6.60. The van der Waals surface area contributed by atoms with Crippen LogP contribution in [0.2, 0.25) is 5.02 Å². The zero-order chi connectivity index (χ0) is 14.9. The molecule has 6 heteroatoms. The molecular weight excluding hydrogens is 274 g/mol. The SMILES string of the molecule is CC(Cn1nnnc1-c1ccc(Cl)c(N)c1)C(C)(C)C. The van der Waals surface area contributed by atoms with Crippen LogP contribution in [0.25, 0.3) is 11.4 Å². The highest BCUT2D eigenvalue weighted by Crippen LogP contribution is 2.29. The number of halogens is 1. The molecule has 1 heterocycles. The number of anilines is 1. The van der Waals surface area contributed by atoms with E-state index < -0.39 is 0 Å². The number of rotatable bonds is 3. The molecule has 1 atom stereocenters. The van der Waals surface area contributed by atoms with Crippen LogP contribution in [0, 0.1) is 11.3 Å². The Bertz CT molecular complexity index is 600. The number of benzene rings is 1. The third-order valence-electron chi connectivity index (χ3n) is 3.71. The molecule has 108 valence electrons. The van der Waals surface area contributed by atoms with Gasteiger partial charge in [-0.15, -0.1) is 5.10 Å². The summed E-state index contributed by atoms with van der Waals surface area (Å²) in [5.41, 5.74) is 7.44. The van der Waals surface area contributed by atoms with Gasteiger partial charge in [0.15, 0.2) is 5.82 Å². The quantitative estimate of drug-likeness (QED) is 0.882. The highest BCUT2D eigenvalue weighted by atomic mass is 35.5. The first-order valence-electron chi connectivity index (χ1n) is 6.60. The fourth-order valence-electron chi connectivity index (χ4n) is 1.75. The van der Waals surface area contributed by atoms with Crippen molar-refractivity contribution in [3.05, 3.63) is 23.2 Å². The lowest BCUT2D eigenvalue weighted by Crippen LogP contribution is -2.23. The number of hydrogen-bond acceptors (Lipinski definition) is 4. The summed E-state index contributed by atoms with van der Waals surface area (Å²) < 4.78 is 1.82. The second kappa shape index (κ2) is 5.40. The molecule has 1 aromatic carbocycles. The van der Waals surface area contributed by atoms with Crippen molar-refractivity contribution in [2.75, 3.05) is 5.73 Å². The number of hydrogen-bond donors (Lipinski definition) is 1. The third kappa shape index (κ3) is 3.10. The monoisotopic (exact) mass is 293 g/mol. The highest BCUT2D eigenvalue weighted by molar-refractivity contribution is 6.33. The summed E-state index contributed by atoms with van der Waals surface area (Å²) in [7, 11) is 0. The average Bonchev–Trinajstić information content (AvgIpc) is 2.79. The van der Waals surface area contributed by atoms with Gasteiger partial charge in [-0.05, 0) is 40.0 Å². The van der Waals surface area contributed by atoms with Gasteiger partial charge in [0, 0.05) is 12.1 Å². The maximum absolute atomic E-state index is 5.94. The maximum atomic E-state index is 5.94. The molecule has 0 aliphatic carbocycles. The van der Waals surface area contributed by atoms with Crippen LogP contribution < -0.4 is 5.73 Å². The molecule has 0 fully saturated rings. The standard InChI is InChI=1S/C14H20ClN5/c1-9(14(2,3)4)8-20-13(17-18-19-20)10-5-6-11(15)12(16)7-10/h5-7,9H,8,16H2,1-4H3. The highest BCUT2D eigenvalue weighted by Gasteiger charge is 2.22. The van der Waals surface area contributed by atoms with Gasteiger partial charge in [-0.1, -0.05) is 39.3 Å². The van der Waals surface area contributed by atoms with Crippen molar-refractivity contribution < 1.29 is 0 Å². The molecule has 0 bridgehead atoms. The van der Waals surface area contributed by atoms with Crippen LogP contribution in [0.5, 0.6) is 0 Å². The smallest absolute Gasteiger partial charge is 0.182 e. The summed E-state index contributed by atoms with van der Waals surface area (Å²) in [5.74, 6) is 1.15. The van der Waals surface area contributed by atoms with Gasteiger partial charge in [-0.25, -0.2) is 4.68 Å². The largest absolute Gasteiger partial charge is 0.398 e. The molecule has 0 aliphatic heterocycles. The van der Waals surface area contributed by atoms with Gasteiger partial charge >= 0.3 is 0 Å². The van der Waals surface area contributed by atoms with Gasteiger partial charge in [0.05, 0.1) is 10.7 Å². The van der Waals surface area contributed by atoms with Crippen LogP contribution in [0.4, 0.5) is 5.69 Å². The summed E-state index contributed by atoms with van der Waals surface area (Å²) in [5, 5.41) is 12.5. The normalized spacial score (nSPS) is 13.4. The molecular formula is C14H20ClN5. The van der Waals surface area contributed by atoms with Crippen LogP contribution >= 0.6 is 11.6 Å². The van der Waals surface area contributed by atoms with Crippen LogP contribution in [-0.4, -0.2) is 20.2 Å². The van der Waals surface area contributed by atoms with Gasteiger partial charge in [0.1, 0.15) is 0 Å². The van der Waals surface area contributed by atoms with Crippen LogP contribution in [0.3, 0.4) is 0 Å². The molecule has 0 saturated carbocycles. The van der Waals surface area contributed by atoms with Crippen molar-refractivity contribution in [1.29, 1.82) is 0 Å². The minimum Gasteiger partial charge on any atom is -0.398 e. The molecule has 2 N–H and O–H groups in total. The number of aromatic nitrogens is 4. The van der Waals surface area contributed by atoms with E-state index in [1.807, 2.05) is 10.7 Å². The second-order valence-electron chi connectivity index (χ2n) is 6.19. The number of tetrazole rings is 1. The minimum absolute atomic E-state index is 0.197. The lowest BCUT2D eigenvalue weighted by Gasteiger charge is -2.27. The fraction of sp³-hybridized carbons (Fsp3) is 0.500. The first-order chi connectivity index (χ1) is 9.29. The van der Waals surface area contributed by atoms with Gasteiger partial charge in [-0.3, -0.25) is 0 Å². The van der Waals surface area contributed by atoms with Crippen molar-refractivity contribution in [1.82, 2.24) is 20.2 Å². The van der Waals surface area contributed by atoms with Gasteiger partial charge in [0.25, 0.3) is 0 Å². The van der Waals surface area contributed by atoms with E-state index in [-0.39, 0.29) is 5.41 Å². The van der Waals surface area contributed by atoms with E-state index >= 15 is 0 Å². The van der Waals surface area contributed by atoms with Crippen molar-refractivity contribution in [2.45, 2.75) is 34.2 Å². The molecule has 0 aliphatic rings. The molecule has 1 unspecified atom stereocenters. The van der Waals surface area contributed by atoms with E-state index in [0.29, 0.717) is 22.5 Å². The van der Waals surface area contributed by atoms with Crippen molar-refractivity contribution >= 4 is 17.3 Å². The van der Waals surface area contributed by atoms with Crippen LogP contribution in [-0.2, 0) is 6.54 Å². The number of nitrogens with zero attached hydrogens (tertiary/aromatic N) is 4. The molecule has 0 amide bonds. The van der Waals surface area contributed by atoms with E-state index in [9.17, 15) is 0 Å². The minimum atomic E-state index is 0.197. The van der Waals surface area contributed by atoms with E-state index in [0.717, 1.165) is 12.1 Å². The Hall–Kier alpha value is -1.62. The Morgan fingerprint density at radius 1 is 1.35 bits per heavy atom. The number of nitrogen functional groups attached to an aromatic ring is 1. The molecule has 0 radical (unpaired) electrons. The predicted molar refractivity (Wildman–Crippen MR) is 81.3 cm³/mol. The third-order valence-corrected chi connectivity index (χ3v) is 4.06. The van der Waals surface area contributed by atoms with Gasteiger partial charge < -0.3 is 5.73 Å². The molecule has 20 heavy (non-hydrogen) atoms. The van der Waals surface area contributed by atoms with Crippen molar-refractivity contribution in [3.63, 3.8) is 0 Å². The zero-order valence-electron chi connectivity index (χ0n) is 12.3. The fourth-order valence-corrected chi connectivity index (χ4v) is 1.87. The lowest BCUT2D eigenvalue weighted by molar-refractivity contribution is 0.225. The van der Waals surface area contributed by atoms with Gasteiger partial charge in [0.2, 0.25) is 0 Å². The van der Waals surface area contributed by atoms with E-state index in [2.05, 4.69) is 43.2 Å². The Morgan fingerprint density at radius 3 is 2.65 bits per heavy atom. The predicted octanol–water partition coefficient (Wildman–Crippen LogP) is 3.26. The number of nitrogens with two attached hydrogens (primary N) is 1. The summed E-state index contributed by atoms with van der Waals surface area (Å²) in [6.07, 6.45) is 0. The topological polar surface area (TPSA) is 69.6 Å². The summed E-state index contributed by atoms with van der Waals surface area (Å²) in [4.78, 5) is 0. The Labute approximate surface area is 124 Å². The Balaban J connectivity index is 2.31. The molecule has 2 rings (SSSR count). The van der Waals surface area contributed by atoms with Crippen LogP contribution in [0.1, 0.15) is 27.7 Å². The van der Waals surface area contributed by atoms with Crippen LogP contribution in [0.15, 0.2) is 18.2 Å². The van der Waals surface area contributed by atoms with E-state index in [1.165, 1.54) is 0 Å². The molecule has 5 nitrogen and oxygen atoms in total. The van der Waals surface area contributed by atoms with Crippen molar-refractivity contribution in [3.8, 4) is 11.4 Å². The lowest BCUT2D eigenvalue weighted by atomic mass is 9.82. The Morgan fingerprint density at radius 2 is 2.05 bits per heavy atom. The maximum Gasteiger partial charge on any atom is 0.182 e. The summed E-state index contributed by atoms with van der Waals surface area (Å²) >= 11 is 5.94. The van der Waals surface area contributed by atoms with E-state index in [1.54, 1.807) is 12.1 Å². The molecule has 2 aromatic rings. The molecule has 0 spiro atoms. The Kier molecular flexibility index (Phi) is 3.99. The first-order valence-corrected chi connectivity index (χ1v) is 6.98. The average molecular weight is 294 g/mol. The summed E-state index contributed by atoms with van der Waals surface area (Å²) in [6, 6.07) is 5.44. The van der Waals surface area contributed by atoms with Gasteiger partial charge in [-0.2, -0.15) is 0 Å². The summed E-state index contributed by atoms with van der Waals surface area (Å²) in [6.45, 7) is 9.59. The van der Waals surface area contributed by atoms with Crippen molar-refractivity contribution in [2.24, 2.45) is 11.3 Å². The molecule has 0 saturated heterocycles. The molecule has 1 aromatic heterocycles. The van der Waals surface area contributed by atoms with E-state index in [4.69, 9.17) is 17.3 Å². The zero-order valence-corrected chi connectivity index (χ0v) is 13.0. The first kappa shape index (κ1) is 14.8.